The SMILES string of the molecule is COCc1ccccc1C(=O)N1CCC(C(=O)O)(C(F)(F)F)C1. The van der Waals surface area contributed by atoms with Crippen LogP contribution in [0.4, 0.5) is 13.2 Å². The van der Waals surface area contributed by atoms with Crippen molar-refractivity contribution in [1.29, 1.82) is 0 Å². The molecule has 1 fully saturated rings. The molecule has 1 heterocycles. The van der Waals surface area contributed by atoms with E-state index in [-0.39, 0.29) is 18.7 Å². The van der Waals surface area contributed by atoms with Crippen LogP contribution in [0.3, 0.4) is 0 Å². The Hall–Kier alpha value is -2.09. The van der Waals surface area contributed by atoms with Crippen molar-refractivity contribution in [2.75, 3.05) is 20.2 Å². The molecule has 1 aliphatic rings. The average molecular weight is 331 g/mol. The van der Waals surface area contributed by atoms with E-state index in [2.05, 4.69) is 0 Å². The molecule has 0 spiro atoms. The number of alkyl halides is 3. The molecular formula is C15H16F3NO4. The number of carbonyl (C=O) groups is 2. The van der Waals surface area contributed by atoms with Crippen LogP contribution in [0.2, 0.25) is 0 Å². The molecule has 126 valence electrons. The molecule has 1 aliphatic heterocycles. The summed E-state index contributed by atoms with van der Waals surface area (Å²) in [6, 6.07) is 6.41. The van der Waals surface area contributed by atoms with Crippen LogP contribution >= 0.6 is 0 Å². The molecule has 1 saturated heterocycles. The van der Waals surface area contributed by atoms with Gasteiger partial charge in [0.1, 0.15) is 0 Å². The Labute approximate surface area is 130 Å². The number of methoxy groups -OCH3 is 1. The third kappa shape index (κ3) is 3.03. The lowest BCUT2D eigenvalue weighted by atomic mass is 9.86. The highest BCUT2D eigenvalue weighted by atomic mass is 19.4. The summed E-state index contributed by atoms with van der Waals surface area (Å²) in [5, 5.41) is 9.03. The second-order valence-electron chi connectivity index (χ2n) is 5.45. The topological polar surface area (TPSA) is 66.8 Å². The standard InChI is InChI=1S/C15H16F3NO4/c1-23-8-10-4-2-3-5-11(10)12(20)19-7-6-14(9-19,13(21)22)15(16,17)18/h2-5H,6-9H2,1H3,(H,21,22). The zero-order chi connectivity index (χ0) is 17.3. The van der Waals surface area contributed by atoms with Crippen LogP contribution < -0.4 is 0 Å². The number of hydrogen-bond donors (Lipinski definition) is 1. The van der Waals surface area contributed by atoms with E-state index in [4.69, 9.17) is 9.84 Å². The largest absolute Gasteiger partial charge is 0.481 e. The number of carboxylic acid groups (broad SMARTS) is 1. The minimum Gasteiger partial charge on any atom is -0.481 e. The number of benzene rings is 1. The summed E-state index contributed by atoms with van der Waals surface area (Å²) in [5.74, 6) is -2.57. The number of aliphatic carboxylic acids is 1. The van der Waals surface area contributed by atoms with E-state index in [0.29, 0.717) is 5.56 Å². The van der Waals surface area contributed by atoms with Crippen LogP contribution in [-0.4, -0.2) is 48.3 Å². The van der Waals surface area contributed by atoms with Gasteiger partial charge in [-0.2, -0.15) is 13.2 Å². The first-order valence-electron chi connectivity index (χ1n) is 6.89. The number of rotatable bonds is 4. The molecule has 0 aliphatic carbocycles. The zero-order valence-corrected chi connectivity index (χ0v) is 12.4. The number of halogens is 3. The molecule has 1 amide bonds. The van der Waals surface area contributed by atoms with Gasteiger partial charge in [-0.25, -0.2) is 0 Å². The van der Waals surface area contributed by atoms with Crippen molar-refractivity contribution in [3.05, 3.63) is 35.4 Å². The Morgan fingerprint density at radius 1 is 1.35 bits per heavy atom. The Balaban J connectivity index is 2.28. The lowest BCUT2D eigenvalue weighted by Gasteiger charge is -2.27. The van der Waals surface area contributed by atoms with Crippen LogP contribution in [0.1, 0.15) is 22.3 Å². The maximum absolute atomic E-state index is 13.2. The van der Waals surface area contributed by atoms with E-state index in [9.17, 15) is 22.8 Å². The Kier molecular flexibility index (Phi) is 4.65. The fraction of sp³-hybridized carbons (Fsp3) is 0.467. The van der Waals surface area contributed by atoms with Gasteiger partial charge in [0, 0.05) is 25.8 Å². The molecule has 0 bridgehead atoms. The van der Waals surface area contributed by atoms with Crippen LogP contribution in [0.15, 0.2) is 24.3 Å². The molecule has 0 radical (unpaired) electrons. The maximum Gasteiger partial charge on any atom is 0.406 e. The fourth-order valence-corrected chi connectivity index (χ4v) is 2.69. The summed E-state index contributed by atoms with van der Waals surface area (Å²) < 4.78 is 44.5. The van der Waals surface area contributed by atoms with Gasteiger partial charge in [-0.3, -0.25) is 9.59 Å². The maximum atomic E-state index is 13.2. The number of likely N-dealkylation sites (tertiary alicyclic amines) is 1. The molecule has 5 nitrogen and oxygen atoms in total. The second-order valence-corrected chi connectivity index (χ2v) is 5.45. The summed E-state index contributed by atoms with van der Waals surface area (Å²) in [4.78, 5) is 24.6. The van der Waals surface area contributed by atoms with E-state index in [1.165, 1.54) is 13.2 Å². The van der Waals surface area contributed by atoms with Crippen molar-refractivity contribution in [3.8, 4) is 0 Å². The zero-order valence-electron chi connectivity index (χ0n) is 12.4. The molecule has 23 heavy (non-hydrogen) atoms. The van der Waals surface area contributed by atoms with Gasteiger partial charge >= 0.3 is 12.1 Å². The number of hydrogen-bond acceptors (Lipinski definition) is 3. The van der Waals surface area contributed by atoms with Crippen molar-refractivity contribution >= 4 is 11.9 Å². The molecule has 2 rings (SSSR count). The smallest absolute Gasteiger partial charge is 0.406 e. The predicted molar refractivity (Wildman–Crippen MR) is 73.8 cm³/mol. The lowest BCUT2D eigenvalue weighted by Crippen LogP contribution is -2.47. The number of amides is 1. The Bertz CT molecular complexity index is 617. The minimum absolute atomic E-state index is 0.138. The van der Waals surface area contributed by atoms with Gasteiger partial charge in [0.15, 0.2) is 5.41 Å². The summed E-state index contributed by atoms with van der Waals surface area (Å²) in [6.45, 7) is -1.00. The van der Waals surface area contributed by atoms with Crippen molar-refractivity contribution < 1.29 is 32.6 Å². The molecule has 1 unspecified atom stereocenters. The molecule has 1 N–H and O–H groups in total. The minimum atomic E-state index is -4.92. The van der Waals surface area contributed by atoms with E-state index in [1.54, 1.807) is 18.2 Å². The van der Waals surface area contributed by atoms with Gasteiger partial charge in [0.05, 0.1) is 6.61 Å². The first-order chi connectivity index (χ1) is 10.7. The number of ether oxygens (including phenoxy) is 1. The number of carboxylic acids is 1. The van der Waals surface area contributed by atoms with Gasteiger partial charge in [0.2, 0.25) is 0 Å². The Morgan fingerprint density at radius 2 is 2.00 bits per heavy atom. The third-order valence-electron chi connectivity index (χ3n) is 4.06. The lowest BCUT2D eigenvalue weighted by molar-refractivity contribution is -0.227. The van der Waals surface area contributed by atoms with Crippen molar-refractivity contribution in [2.24, 2.45) is 5.41 Å². The van der Waals surface area contributed by atoms with E-state index < -0.39 is 36.4 Å². The van der Waals surface area contributed by atoms with Crippen LogP contribution in [0.25, 0.3) is 0 Å². The third-order valence-corrected chi connectivity index (χ3v) is 4.06. The van der Waals surface area contributed by atoms with Crippen molar-refractivity contribution in [1.82, 2.24) is 4.90 Å². The van der Waals surface area contributed by atoms with Crippen LogP contribution in [0, 0.1) is 5.41 Å². The average Bonchev–Trinajstić information content (AvgIpc) is 2.94. The first kappa shape index (κ1) is 17.3. The van der Waals surface area contributed by atoms with Gasteiger partial charge in [0.25, 0.3) is 5.91 Å². The summed E-state index contributed by atoms with van der Waals surface area (Å²) >= 11 is 0. The van der Waals surface area contributed by atoms with E-state index >= 15 is 0 Å². The summed E-state index contributed by atoms with van der Waals surface area (Å²) in [7, 11) is 1.44. The normalized spacial score (nSPS) is 21.5. The highest BCUT2D eigenvalue weighted by molar-refractivity contribution is 5.96. The summed E-state index contributed by atoms with van der Waals surface area (Å²) in [5.41, 5.74) is -2.14. The van der Waals surface area contributed by atoms with E-state index in [1.807, 2.05) is 0 Å². The van der Waals surface area contributed by atoms with Crippen LogP contribution in [-0.2, 0) is 16.1 Å². The number of carbonyl (C=O) groups excluding carboxylic acids is 1. The Morgan fingerprint density at radius 3 is 2.52 bits per heavy atom. The fourth-order valence-electron chi connectivity index (χ4n) is 2.69. The quantitative estimate of drug-likeness (QED) is 0.919. The highest BCUT2D eigenvalue weighted by Gasteiger charge is 2.64. The van der Waals surface area contributed by atoms with Gasteiger partial charge < -0.3 is 14.7 Å². The summed E-state index contributed by atoms with van der Waals surface area (Å²) in [6.07, 6.45) is -5.57. The second kappa shape index (κ2) is 6.19. The number of nitrogens with zero attached hydrogens (tertiary/aromatic N) is 1. The van der Waals surface area contributed by atoms with Gasteiger partial charge in [-0.05, 0) is 18.1 Å². The predicted octanol–water partition coefficient (Wildman–Crippen LogP) is 2.31. The van der Waals surface area contributed by atoms with Crippen molar-refractivity contribution in [3.63, 3.8) is 0 Å². The molecule has 1 aromatic rings. The molecule has 1 atom stereocenters. The van der Waals surface area contributed by atoms with E-state index in [0.717, 1.165) is 4.90 Å². The highest BCUT2D eigenvalue weighted by Crippen LogP contribution is 2.46. The van der Waals surface area contributed by atoms with Crippen molar-refractivity contribution in [2.45, 2.75) is 19.2 Å². The molecule has 8 heteroatoms. The van der Waals surface area contributed by atoms with Gasteiger partial charge in [-0.1, -0.05) is 18.2 Å². The van der Waals surface area contributed by atoms with Gasteiger partial charge in [-0.15, -0.1) is 0 Å². The molecule has 0 aromatic heterocycles. The molecule has 1 aromatic carbocycles. The molecular weight excluding hydrogens is 315 g/mol. The molecule has 0 saturated carbocycles. The van der Waals surface area contributed by atoms with Crippen LogP contribution in [0.5, 0.6) is 0 Å². The first-order valence-corrected chi connectivity index (χ1v) is 6.89. The monoisotopic (exact) mass is 331 g/mol.